The largest absolute Gasteiger partial charge is 0.353 e. The second kappa shape index (κ2) is 3.98. The van der Waals surface area contributed by atoms with E-state index in [0.717, 1.165) is 11.3 Å². The van der Waals surface area contributed by atoms with E-state index in [1.165, 1.54) is 0 Å². The highest BCUT2D eigenvalue weighted by atomic mass is 16.2. The van der Waals surface area contributed by atoms with Gasteiger partial charge in [-0.3, -0.25) is 15.1 Å². The molecule has 1 aliphatic heterocycles. The van der Waals surface area contributed by atoms with Gasteiger partial charge in [-0.1, -0.05) is 6.07 Å². The van der Waals surface area contributed by atoms with Crippen molar-refractivity contribution in [1.29, 1.82) is 0 Å². The summed E-state index contributed by atoms with van der Waals surface area (Å²) in [6, 6.07) is 4.07. The minimum absolute atomic E-state index is 0.0614. The summed E-state index contributed by atoms with van der Waals surface area (Å²) in [5.41, 5.74) is 2.12. The molecule has 2 rings (SSSR count). The van der Waals surface area contributed by atoms with Crippen LogP contribution in [0.4, 0.5) is 0 Å². The molecule has 0 bridgehead atoms. The molecule has 0 spiro atoms. The first-order chi connectivity index (χ1) is 7.16. The lowest BCUT2D eigenvalue weighted by Crippen LogP contribution is -2.52. The van der Waals surface area contributed by atoms with Crippen LogP contribution in [-0.2, 0) is 4.79 Å². The van der Waals surface area contributed by atoms with Gasteiger partial charge in [0.15, 0.2) is 0 Å². The van der Waals surface area contributed by atoms with E-state index in [1.54, 1.807) is 0 Å². The maximum absolute atomic E-state index is 11.2. The Hall–Kier alpha value is -1.42. The van der Waals surface area contributed by atoms with Gasteiger partial charge in [0.2, 0.25) is 5.91 Å². The molecule has 1 aromatic heterocycles. The van der Waals surface area contributed by atoms with E-state index in [9.17, 15) is 4.79 Å². The van der Waals surface area contributed by atoms with Crippen LogP contribution in [0.3, 0.4) is 0 Å². The number of amides is 1. The lowest BCUT2D eigenvalue weighted by Gasteiger charge is -2.28. The summed E-state index contributed by atoms with van der Waals surface area (Å²) in [7, 11) is 0. The van der Waals surface area contributed by atoms with Crippen molar-refractivity contribution in [2.24, 2.45) is 0 Å². The van der Waals surface area contributed by atoms with Gasteiger partial charge in [0.25, 0.3) is 0 Å². The van der Waals surface area contributed by atoms with E-state index < -0.39 is 0 Å². The molecule has 0 aliphatic carbocycles. The molecule has 0 radical (unpaired) electrons. The van der Waals surface area contributed by atoms with Crippen LogP contribution in [0.5, 0.6) is 0 Å². The third kappa shape index (κ3) is 2.15. The van der Waals surface area contributed by atoms with Crippen LogP contribution in [-0.4, -0.2) is 23.5 Å². The zero-order valence-corrected chi connectivity index (χ0v) is 8.95. The van der Waals surface area contributed by atoms with Crippen LogP contribution in [0.25, 0.3) is 0 Å². The monoisotopic (exact) mass is 205 g/mol. The highest BCUT2D eigenvalue weighted by molar-refractivity contribution is 5.82. The van der Waals surface area contributed by atoms with Gasteiger partial charge in [-0.2, -0.15) is 0 Å². The minimum Gasteiger partial charge on any atom is -0.353 e. The lowest BCUT2D eigenvalue weighted by atomic mass is 10.0. The maximum Gasteiger partial charge on any atom is 0.236 e. The maximum atomic E-state index is 11.2. The SMILES string of the molecule is Cc1ccc(C2CNC(=O)C(C)N2)cn1. The molecule has 2 atom stereocenters. The zero-order valence-electron chi connectivity index (χ0n) is 8.95. The number of rotatable bonds is 1. The van der Waals surface area contributed by atoms with Crippen molar-refractivity contribution in [3.05, 3.63) is 29.6 Å². The van der Waals surface area contributed by atoms with Crippen molar-refractivity contribution in [2.45, 2.75) is 25.9 Å². The molecule has 1 aliphatic rings. The van der Waals surface area contributed by atoms with Crippen LogP contribution in [0, 0.1) is 6.92 Å². The highest BCUT2D eigenvalue weighted by Crippen LogP contribution is 2.14. The Morgan fingerprint density at radius 3 is 2.87 bits per heavy atom. The molecule has 0 aromatic carbocycles. The molecule has 2 N–H and O–H groups in total. The summed E-state index contributed by atoms with van der Waals surface area (Å²) < 4.78 is 0. The van der Waals surface area contributed by atoms with Gasteiger partial charge in [0.05, 0.1) is 12.1 Å². The van der Waals surface area contributed by atoms with Gasteiger partial charge in [-0.15, -0.1) is 0 Å². The van der Waals surface area contributed by atoms with E-state index >= 15 is 0 Å². The fourth-order valence-corrected chi connectivity index (χ4v) is 1.69. The summed E-state index contributed by atoms with van der Waals surface area (Å²) in [6.45, 7) is 4.46. The Balaban J connectivity index is 2.12. The predicted octanol–water partition coefficient (Wildman–Crippen LogP) is 0.539. The molecule has 80 valence electrons. The van der Waals surface area contributed by atoms with Crippen LogP contribution in [0.2, 0.25) is 0 Å². The highest BCUT2D eigenvalue weighted by Gasteiger charge is 2.24. The van der Waals surface area contributed by atoms with Gasteiger partial charge in [0.1, 0.15) is 0 Å². The van der Waals surface area contributed by atoms with Gasteiger partial charge in [-0.05, 0) is 25.5 Å². The number of aryl methyl sites for hydroxylation is 1. The number of aromatic nitrogens is 1. The number of piperazine rings is 1. The first kappa shape index (κ1) is 10.1. The summed E-state index contributed by atoms with van der Waals surface area (Å²) in [4.78, 5) is 15.5. The molecular weight excluding hydrogens is 190 g/mol. The summed E-state index contributed by atoms with van der Waals surface area (Å²) in [5.74, 6) is 0.0614. The van der Waals surface area contributed by atoms with E-state index in [4.69, 9.17) is 0 Å². The minimum atomic E-state index is -0.134. The van der Waals surface area contributed by atoms with Crippen molar-refractivity contribution in [2.75, 3.05) is 6.54 Å². The van der Waals surface area contributed by atoms with Gasteiger partial charge in [-0.25, -0.2) is 0 Å². The lowest BCUT2D eigenvalue weighted by molar-refractivity contribution is -0.124. The molecule has 2 heterocycles. The Kier molecular flexibility index (Phi) is 2.68. The van der Waals surface area contributed by atoms with Crippen molar-refractivity contribution in [3.63, 3.8) is 0 Å². The summed E-state index contributed by atoms with van der Waals surface area (Å²) in [6.07, 6.45) is 1.86. The smallest absolute Gasteiger partial charge is 0.236 e. The molecule has 1 amide bonds. The average Bonchev–Trinajstić information content (AvgIpc) is 2.23. The quantitative estimate of drug-likeness (QED) is 0.703. The first-order valence-electron chi connectivity index (χ1n) is 5.13. The first-order valence-corrected chi connectivity index (χ1v) is 5.13. The molecule has 2 unspecified atom stereocenters. The number of carbonyl (C=O) groups excluding carboxylic acids is 1. The van der Waals surface area contributed by atoms with Crippen LogP contribution in [0.1, 0.15) is 24.2 Å². The third-order valence-corrected chi connectivity index (χ3v) is 2.66. The Morgan fingerprint density at radius 1 is 1.47 bits per heavy atom. The molecule has 0 saturated carbocycles. The molecule has 4 nitrogen and oxygen atoms in total. The van der Waals surface area contributed by atoms with Crippen LogP contribution >= 0.6 is 0 Å². The van der Waals surface area contributed by atoms with E-state index in [1.807, 2.05) is 32.2 Å². The standard InChI is InChI=1S/C11H15N3O/c1-7-3-4-9(5-12-7)10-6-13-11(15)8(2)14-10/h3-5,8,10,14H,6H2,1-2H3,(H,13,15). The van der Waals surface area contributed by atoms with Gasteiger partial charge < -0.3 is 5.32 Å². The number of nitrogens with one attached hydrogen (secondary N) is 2. The number of carbonyl (C=O) groups is 1. The normalized spacial score (nSPS) is 26.1. The summed E-state index contributed by atoms with van der Waals surface area (Å²) >= 11 is 0. The Labute approximate surface area is 89.1 Å². The van der Waals surface area contributed by atoms with Gasteiger partial charge in [0, 0.05) is 18.4 Å². The molecule has 4 heteroatoms. The van der Waals surface area contributed by atoms with Crippen molar-refractivity contribution < 1.29 is 4.79 Å². The third-order valence-electron chi connectivity index (χ3n) is 2.66. The van der Waals surface area contributed by atoms with Crippen molar-refractivity contribution in [3.8, 4) is 0 Å². The average molecular weight is 205 g/mol. The Bertz CT molecular complexity index is 361. The fourth-order valence-electron chi connectivity index (χ4n) is 1.69. The summed E-state index contributed by atoms with van der Waals surface area (Å²) in [5, 5.41) is 6.12. The van der Waals surface area contributed by atoms with Crippen LogP contribution in [0.15, 0.2) is 18.3 Å². The van der Waals surface area contributed by atoms with E-state index in [0.29, 0.717) is 6.54 Å². The van der Waals surface area contributed by atoms with Crippen molar-refractivity contribution >= 4 is 5.91 Å². The second-order valence-electron chi connectivity index (χ2n) is 3.92. The van der Waals surface area contributed by atoms with Gasteiger partial charge >= 0.3 is 0 Å². The topological polar surface area (TPSA) is 54.0 Å². The molecule has 1 aromatic rings. The zero-order chi connectivity index (χ0) is 10.8. The molecule has 15 heavy (non-hydrogen) atoms. The Morgan fingerprint density at radius 2 is 2.27 bits per heavy atom. The predicted molar refractivity (Wildman–Crippen MR) is 57.3 cm³/mol. The van der Waals surface area contributed by atoms with Crippen LogP contribution < -0.4 is 10.6 Å². The number of nitrogens with zero attached hydrogens (tertiary/aromatic N) is 1. The van der Waals surface area contributed by atoms with E-state index in [-0.39, 0.29) is 18.0 Å². The fraction of sp³-hybridized carbons (Fsp3) is 0.455. The second-order valence-corrected chi connectivity index (χ2v) is 3.92. The van der Waals surface area contributed by atoms with E-state index in [2.05, 4.69) is 15.6 Å². The molecule has 1 fully saturated rings. The molecular formula is C11H15N3O. The number of hydrogen-bond donors (Lipinski definition) is 2. The number of pyridine rings is 1. The van der Waals surface area contributed by atoms with Crippen molar-refractivity contribution in [1.82, 2.24) is 15.6 Å². The molecule has 1 saturated heterocycles. The number of hydrogen-bond acceptors (Lipinski definition) is 3.